The number of amides is 1. The van der Waals surface area contributed by atoms with Gasteiger partial charge in [0.15, 0.2) is 11.6 Å². The van der Waals surface area contributed by atoms with Crippen molar-refractivity contribution in [2.24, 2.45) is 5.92 Å². The van der Waals surface area contributed by atoms with E-state index in [1.807, 2.05) is 0 Å². The standard InChI is InChI=1S/C19H20F2N2O2.ClH/c20-17-8-7-16(10-18(17)21)25-15-5-3-14(4-6-15)19(24)23-12-13-2-1-9-22-11-13;/h3-8,10,13,22H,1-2,9,11-12H2,(H,23,24);1H. The van der Waals surface area contributed by atoms with Crippen LogP contribution >= 0.6 is 12.4 Å². The second kappa shape index (κ2) is 9.50. The number of rotatable bonds is 5. The molecule has 0 bridgehead atoms. The van der Waals surface area contributed by atoms with Crippen LogP contribution in [0.2, 0.25) is 0 Å². The van der Waals surface area contributed by atoms with Gasteiger partial charge in [0.1, 0.15) is 11.5 Å². The highest BCUT2D eigenvalue weighted by Crippen LogP contribution is 2.23. The van der Waals surface area contributed by atoms with Gasteiger partial charge in [-0.1, -0.05) is 0 Å². The van der Waals surface area contributed by atoms with Gasteiger partial charge in [0.2, 0.25) is 0 Å². The minimum absolute atomic E-state index is 0. The first-order valence-electron chi connectivity index (χ1n) is 8.34. The predicted octanol–water partition coefficient (Wildman–Crippen LogP) is 3.91. The van der Waals surface area contributed by atoms with Crippen LogP contribution in [0.15, 0.2) is 42.5 Å². The molecule has 2 N–H and O–H groups in total. The van der Waals surface area contributed by atoms with E-state index in [4.69, 9.17) is 4.74 Å². The van der Waals surface area contributed by atoms with Gasteiger partial charge in [-0.2, -0.15) is 0 Å². The minimum Gasteiger partial charge on any atom is -0.457 e. The maximum absolute atomic E-state index is 13.2. The molecule has 4 nitrogen and oxygen atoms in total. The molecule has 140 valence electrons. The fourth-order valence-electron chi connectivity index (χ4n) is 2.79. The molecule has 1 unspecified atom stereocenters. The van der Waals surface area contributed by atoms with Gasteiger partial charge in [-0.15, -0.1) is 12.4 Å². The first kappa shape index (κ1) is 20.1. The summed E-state index contributed by atoms with van der Waals surface area (Å²) in [5.41, 5.74) is 0.529. The van der Waals surface area contributed by atoms with Gasteiger partial charge in [-0.25, -0.2) is 8.78 Å². The highest BCUT2D eigenvalue weighted by molar-refractivity contribution is 5.94. The number of nitrogens with one attached hydrogen (secondary N) is 2. The maximum atomic E-state index is 13.2. The van der Waals surface area contributed by atoms with Crippen molar-refractivity contribution < 1.29 is 18.3 Å². The smallest absolute Gasteiger partial charge is 0.251 e. The van der Waals surface area contributed by atoms with Crippen LogP contribution < -0.4 is 15.4 Å². The summed E-state index contributed by atoms with van der Waals surface area (Å²) in [6.45, 7) is 2.63. The Hall–Kier alpha value is -2.18. The highest BCUT2D eigenvalue weighted by atomic mass is 35.5. The molecule has 0 spiro atoms. The zero-order chi connectivity index (χ0) is 17.6. The molecule has 7 heteroatoms. The molecule has 2 aromatic rings. The molecule has 0 aliphatic carbocycles. The molecule has 0 aromatic heterocycles. The van der Waals surface area contributed by atoms with Crippen LogP contribution in [0.4, 0.5) is 8.78 Å². The lowest BCUT2D eigenvalue weighted by Crippen LogP contribution is -2.38. The van der Waals surface area contributed by atoms with E-state index >= 15 is 0 Å². The highest BCUT2D eigenvalue weighted by Gasteiger charge is 2.14. The quantitative estimate of drug-likeness (QED) is 0.824. The van der Waals surface area contributed by atoms with E-state index in [1.54, 1.807) is 24.3 Å². The van der Waals surface area contributed by atoms with Gasteiger partial charge in [-0.3, -0.25) is 4.79 Å². The topological polar surface area (TPSA) is 50.4 Å². The first-order valence-corrected chi connectivity index (χ1v) is 8.34. The average Bonchev–Trinajstić information content (AvgIpc) is 2.64. The van der Waals surface area contributed by atoms with Crippen LogP contribution in [0.5, 0.6) is 11.5 Å². The summed E-state index contributed by atoms with van der Waals surface area (Å²) in [5, 5.41) is 6.26. The van der Waals surface area contributed by atoms with Crippen LogP contribution in [0, 0.1) is 17.6 Å². The summed E-state index contributed by atoms with van der Waals surface area (Å²) in [7, 11) is 0. The van der Waals surface area contributed by atoms with E-state index in [0.29, 0.717) is 23.8 Å². The lowest BCUT2D eigenvalue weighted by atomic mass is 10.00. The van der Waals surface area contributed by atoms with Crippen molar-refractivity contribution in [2.45, 2.75) is 12.8 Å². The zero-order valence-electron chi connectivity index (χ0n) is 14.1. The molecule has 1 saturated heterocycles. The van der Waals surface area contributed by atoms with Gasteiger partial charge < -0.3 is 15.4 Å². The predicted molar refractivity (Wildman–Crippen MR) is 98.0 cm³/mol. The minimum atomic E-state index is -0.967. The molecule has 1 amide bonds. The summed E-state index contributed by atoms with van der Waals surface area (Å²) in [5.74, 6) is -0.920. The second-order valence-electron chi connectivity index (χ2n) is 6.12. The molecule has 1 aliphatic heterocycles. The number of halogens is 3. The SMILES string of the molecule is Cl.O=C(NCC1CCCNC1)c1ccc(Oc2ccc(F)c(F)c2)cc1. The Kier molecular flexibility index (Phi) is 7.36. The lowest BCUT2D eigenvalue weighted by molar-refractivity contribution is 0.0945. The number of piperidine rings is 1. The van der Waals surface area contributed by atoms with Gasteiger partial charge in [-0.05, 0) is 68.2 Å². The Balaban J connectivity index is 0.00000243. The molecule has 0 saturated carbocycles. The van der Waals surface area contributed by atoms with Gasteiger partial charge in [0.25, 0.3) is 5.91 Å². The third-order valence-electron chi connectivity index (χ3n) is 4.19. The largest absolute Gasteiger partial charge is 0.457 e. The molecule has 1 atom stereocenters. The molecule has 26 heavy (non-hydrogen) atoms. The van der Waals surface area contributed by atoms with Crippen LogP contribution in [0.25, 0.3) is 0 Å². The monoisotopic (exact) mass is 382 g/mol. The van der Waals surface area contributed by atoms with E-state index < -0.39 is 11.6 Å². The molecule has 2 aromatic carbocycles. The third-order valence-corrected chi connectivity index (χ3v) is 4.19. The Bertz CT molecular complexity index is 735. The lowest BCUT2D eigenvalue weighted by Gasteiger charge is -2.22. The normalized spacial score (nSPS) is 16.5. The number of ether oxygens (including phenoxy) is 1. The fraction of sp³-hybridized carbons (Fsp3) is 0.316. The Morgan fingerprint density at radius 1 is 1.12 bits per heavy atom. The zero-order valence-corrected chi connectivity index (χ0v) is 15.0. The summed E-state index contributed by atoms with van der Waals surface area (Å²) < 4.78 is 31.5. The second-order valence-corrected chi connectivity index (χ2v) is 6.12. The van der Waals surface area contributed by atoms with Crippen molar-refractivity contribution in [3.63, 3.8) is 0 Å². The van der Waals surface area contributed by atoms with Crippen LogP contribution in [0.1, 0.15) is 23.2 Å². The summed E-state index contributed by atoms with van der Waals surface area (Å²) in [6.07, 6.45) is 2.25. The van der Waals surface area contributed by atoms with Crippen molar-refractivity contribution in [3.05, 3.63) is 59.7 Å². The average molecular weight is 383 g/mol. The van der Waals surface area contributed by atoms with Crippen molar-refractivity contribution in [2.75, 3.05) is 19.6 Å². The first-order chi connectivity index (χ1) is 12.1. The molecule has 1 fully saturated rings. The molecule has 3 rings (SSSR count). The summed E-state index contributed by atoms with van der Waals surface area (Å²) in [4.78, 5) is 12.2. The van der Waals surface area contributed by atoms with Crippen molar-refractivity contribution in [1.82, 2.24) is 10.6 Å². The van der Waals surface area contributed by atoms with Crippen LogP contribution in [0.3, 0.4) is 0 Å². The molecular weight excluding hydrogens is 362 g/mol. The summed E-state index contributed by atoms with van der Waals surface area (Å²) >= 11 is 0. The van der Waals surface area contributed by atoms with Crippen LogP contribution in [-0.2, 0) is 0 Å². The van der Waals surface area contributed by atoms with Crippen molar-refractivity contribution >= 4 is 18.3 Å². The van der Waals surface area contributed by atoms with Crippen LogP contribution in [-0.4, -0.2) is 25.5 Å². The number of carbonyl (C=O) groups excluding carboxylic acids is 1. The summed E-state index contributed by atoms with van der Waals surface area (Å²) in [6, 6.07) is 9.86. The van der Waals surface area contributed by atoms with Gasteiger partial charge in [0, 0.05) is 18.2 Å². The van der Waals surface area contributed by atoms with E-state index in [1.165, 1.54) is 6.07 Å². The number of hydrogen-bond donors (Lipinski definition) is 2. The van der Waals surface area contributed by atoms with Crippen molar-refractivity contribution in [1.29, 1.82) is 0 Å². The number of carbonyl (C=O) groups is 1. The van der Waals surface area contributed by atoms with Gasteiger partial charge >= 0.3 is 0 Å². The maximum Gasteiger partial charge on any atom is 0.251 e. The Labute approximate surface area is 157 Å². The molecule has 1 aliphatic rings. The number of benzene rings is 2. The van der Waals surface area contributed by atoms with Gasteiger partial charge in [0.05, 0.1) is 0 Å². The molecule has 0 radical (unpaired) electrons. The molecule has 1 heterocycles. The van der Waals surface area contributed by atoms with E-state index in [0.717, 1.165) is 38.1 Å². The number of hydrogen-bond acceptors (Lipinski definition) is 3. The van der Waals surface area contributed by atoms with Crippen molar-refractivity contribution in [3.8, 4) is 11.5 Å². The van der Waals surface area contributed by atoms with E-state index in [-0.39, 0.29) is 24.1 Å². The fourth-order valence-corrected chi connectivity index (χ4v) is 2.79. The van der Waals surface area contributed by atoms with E-state index in [9.17, 15) is 13.6 Å². The Morgan fingerprint density at radius 2 is 1.85 bits per heavy atom. The molecular formula is C19H21ClF2N2O2. The Morgan fingerprint density at radius 3 is 2.50 bits per heavy atom. The third kappa shape index (κ3) is 5.41. The van der Waals surface area contributed by atoms with E-state index in [2.05, 4.69) is 10.6 Å².